The number of likely N-dealkylation sites (N-methyl/N-ethyl adjacent to an activating group) is 1. The van der Waals surface area contributed by atoms with E-state index in [4.69, 9.17) is 14.2 Å². The molecular formula is C18H24N2O4. The van der Waals surface area contributed by atoms with Gasteiger partial charge in [-0.1, -0.05) is 6.07 Å². The van der Waals surface area contributed by atoms with Gasteiger partial charge in [-0.15, -0.1) is 0 Å². The van der Waals surface area contributed by atoms with Crippen molar-refractivity contribution in [2.45, 2.75) is 25.0 Å². The van der Waals surface area contributed by atoms with Gasteiger partial charge in [0.15, 0.2) is 11.5 Å². The van der Waals surface area contributed by atoms with Gasteiger partial charge in [0.25, 0.3) is 0 Å². The summed E-state index contributed by atoms with van der Waals surface area (Å²) in [7, 11) is 1.87. The highest BCUT2D eigenvalue weighted by molar-refractivity contribution is 5.78. The molecule has 0 saturated carbocycles. The van der Waals surface area contributed by atoms with Crippen LogP contribution in [-0.4, -0.2) is 67.8 Å². The lowest BCUT2D eigenvalue weighted by molar-refractivity contribution is -0.169. The van der Waals surface area contributed by atoms with E-state index in [1.54, 1.807) is 4.90 Å². The molecule has 0 atom stereocenters. The Hall–Kier alpha value is -1.79. The largest absolute Gasteiger partial charge is 0.486 e. The van der Waals surface area contributed by atoms with Gasteiger partial charge in [0.05, 0.1) is 5.60 Å². The third-order valence-electron chi connectivity index (χ3n) is 5.23. The molecule has 6 nitrogen and oxygen atoms in total. The van der Waals surface area contributed by atoms with Crippen LogP contribution in [0.2, 0.25) is 0 Å². The summed E-state index contributed by atoms with van der Waals surface area (Å²) < 4.78 is 17.1. The topological polar surface area (TPSA) is 51.2 Å². The van der Waals surface area contributed by atoms with Gasteiger partial charge in [-0.3, -0.25) is 9.69 Å². The molecule has 130 valence electrons. The lowest BCUT2D eigenvalue weighted by Gasteiger charge is -2.46. The number of morpholine rings is 1. The maximum atomic E-state index is 11.6. The number of likely N-dealkylation sites (tertiary alicyclic amines) is 1. The molecule has 0 aliphatic carbocycles. The summed E-state index contributed by atoms with van der Waals surface area (Å²) in [5.41, 5.74) is 1.10. The van der Waals surface area contributed by atoms with E-state index in [-0.39, 0.29) is 18.1 Å². The van der Waals surface area contributed by atoms with Crippen LogP contribution >= 0.6 is 0 Å². The second-order valence-electron chi connectivity index (χ2n) is 6.98. The number of ether oxygens (including phenoxy) is 3. The number of amides is 1. The van der Waals surface area contributed by atoms with Crippen LogP contribution in [0, 0.1) is 0 Å². The number of hydrogen-bond donors (Lipinski definition) is 0. The minimum atomic E-state index is -0.147. The number of benzene rings is 1. The van der Waals surface area contributed by atoms with E-state index >= 15 is 0 Å². The van der Waals surface area contributed by atoms with Crippen molar-refractivity contribution in [2.75, 3.05) is 46.5 Å². The van der Waals surface area contributed by atoms with Crippen LogP contribution in [0.25, 0.3) is 0 Å². The van der Waals surface area contributed by atoms with Crippen molar-refractivity contribution in [3.05, 3.63) is 23.8 Å². The van der Waals surface area contributed by atoms with Gasteiger partial charge >= 0.3 is 0 Å². The molecule has 1 aromatic carbocycles. The molecule has 2 saturated heterocycles. The highest BCUT2D eigenvalue weighted by Crippen LogP contribution is 2.33. The third-order valence-corrected chi connectivity index (χ3v) is 5.23. The van der Waals surface area contributed by atoms with Gasteiger partial charge in [-0.05, 0) is 30.5 Å². The van der Waals surface area contributed by atoms with Crippen LogP contribution in [0.1, 0.15) is 18.4 Å². The Morgan fingerprint density at radius 2 is 1.88 bits per heavy atom. The zero-order valence-corrected chi connectivity index (χ0v) is 14.1. The van der Waals surface area contributed by atoms with Gasteiger partial charge in [0.2, 0.25) is 5.91 Å². The Bertz CT molecular complexity index is 625. The van der Waals surface area contributed by atoms with E-state index in [1.165, 1.54) is 5.56 Å². The zero-order chi connectivity index (χ0) is 16.6. The van der Waals surface area contributed by atoms with E-state index in [1.807, 2.05) is 13.1 Å². The predicted molar refractivity (Wildman–Crippen MR) is 88.3 cm³/mol. The van der Waals surface area contributed by atoms with E-state index < -0.39 is 0 Å². The SMILES string of the molecule is CN1CC2(CCN(Cc3ccc4c(c3)OCCO4)CC2)OCC1=O. The number of fused-ring (bicyclic) bond motifs is 1. The maximum Gasteiger partial charge on any atom is 0.248 e. The highest BCUT2D eigenvalue weighted by atomic mass is 16.6. The number of piperidine rings is 1. The lowest BCUT2D eigenvalue weighted by atomic mass is 9.89. The Morgan fingerprint density at radius 1 is 1.12 bits per heavy atom. The van der Waals surface area contributed by atoms with Crippen molar-refractivity contribution in [2.24, 2.45) is 0 Å². The molecule has 2 fully saturated rings. The second-order valence-corrected chi connectivity index (χ2v) is 6.98. The number of rotatable bonds is 2. The van der Waals surface area contributed by atoms with Crippen LogP contribution in [0.5, 0.6) is 11.5 Å². The first kappa shape index (κ1) is 15.7. The molecule has 1 spiro atoms. The van der Waals surface area contributed by atoms with Gasteiger partial charge in [-0.2, -0.15) is 0 Å². The molecule has 0 radical (unpaired) electrons. The molecule has 0 unspecified atom stereocenters. The molecule has 1 amide bonds. The van der Waals surface area contributed by atoms with E-state index in [0.717, 1.165) is 44.0 Å². The molecule has 0 N–H and O–H groups in total. The fourth-order valence-electron chi connectivity index (χ4n) is 3.76. The number of nitrogens with zero attached hydrogens (tertiary/aromatic N) is 2. The standard InChI is InChI=1S/C18H24N2O4/c1-19-13-18(24-12-17(19)21)4-6-20(7-5-18)11-14-2-3-15-16(10-14)23-9-8-22-15/h2-3,10H,4-9,11-13H2,1H3. The summed E-state index contributed by atoms with van der Waals surface area (Å²) in [6.07, 6.45) is 1.93. The normalized spacial score (nSPS) is 23.5. The lowest BCUT2D eigenvalue weighted by Crippen LogP contribution is -2.57. The number of carbonyl (C=O) groups is 1. The Balaban J connectivity index is 1.36. The van der Waals surface area contributed by atoms with E-state index in [0.29, 0.717) is 19.8 Å². The van der Waals surface area contributed by atoms with Crippen LogP contribution < -0.4 is 9.47 Å². The molecule has 3 heterocycles. The smallest absolute Gasteiger partial charge is 0.248 e. The van der Waals surface area contributed by atoms with Crippen LogP contribution in [0.3, 0.4) is 0 Å². The molecule has 3 aliphatic rings. The van der Waals surface area contributed by atoms with Gasteiger partial charge in [0.1, 0.15) is 19.8 Å². The summed E-state index contributed by atoms with van der Waals surface area (Å²) in [5.74, 6) is 1.77. The Morgan fingerprint density at radius 3 is 2.62 bits per heavy atom. The molecule has 0 bridgehead atoms. The first-order chi connectivity index (χ1) is 11.6. The quantitative estimate of drug-likeness (QED) is 0.817. The maximum absolute atomic E-state index is 11.6. The Labute approximate surface area is 142 Å². The molecule has 0 aromatic heterocycles. The predicted octanol–water partition coefficient (Wildman–Crippen LogP) is 1.28. The van der Waals surface area contributed by atoms with E-state index in [9.17, 15) is 4.79 Å². The van der Waals surface area contributed by atoms with Crippen molar-refractivity contribution in [3.8, 4) is 11.5 Å². The fraction of sp³-hybridized carbons (Fsp3) is 0.611. The number of carbonyl (C=O) groups excluding carboxylic acids is 1. The Kier molecular flexibility index (Phi) is 4.10. The number of hydrogen-bond acceptors (Lipinski definition) is 5. The minimum Gasteiger partial charge on any atom is -0.486 e. The monoisotopic (exact) mass is 332 g/mol. The second kappa shape index (κ2) is 6.26. The van der Waals surface area contributed by atoms with E-state index in [2.05, 4.69) is 17.0 Å². The van der Waals surface area contributed by atoms with Crippen LogP contribution in [0.15, 0.2) is 18.2 Å². The highest BCUT2D eigenvalue weighted by Gasteiger charge is 2.41. The van der Waals surface area contributed by atoms with Crippen molar-refractivity contribution in [1.29, 1.82) is 0 Å². The molecule has 4 rings (SSSR count). The van der Waals surface area contributed by atoms with Crippen molar-refractivity contribution in [3.63, 3.8) is 0 Å². The molecular weight excluding hydrogens is 308 g/mol. The summed E-state index contributed by atoms with van der Waals surface area (Å²) in [5, 5.41) is 0. The van der Waals surface area contributed by atoms with Gasteiger partial charge < -0.3 is 19.1 Å². The van der Waals surface area contributed by atoms with Gasteiger partial charge in [-0.25, -0.2) is 0 Å². The molecule has 3 aliphatic heterocycles. The fourth-order valence-corrected chi connectivity index (χ4v) is 3.76. The average molecular weight is 332 g/mol. The summed E-state index contributed by atoms with van der Waals surface area (Å²) >= 11 is 0. The summed E-state index contributed by atoms with van der Waals surface area (Å²) in [6.45, 7) is 5.04. The minimum absolute atomic E-state index is 0.0827. The van der Waals surface area contributed by atoms with Crippen molar-refractivity contribution in [1.82, 2.24) is 9.80 Å². The third kappa shape index (κ3) is 3.08. The first-order valence-corrected chi connectivity index (χ1v) is 8.62. The van der Waals surface area contributed by atoms with Gasteiger partial charge in [0, 0.05) is 33.2 Å². The molecule has 6 heteroatoms. The van der Waals surface area contributed by atoms with Crippen molar-refractivity contribution >= 4 is 5.91 Å². The summed E-state index contributed by atoms with van der Waals surface area (Å²) in [6, 6.07) is 6.20. The first-order valence-electron chi connectivity index (χ1n) is 8.62. The average Bonchev–Trinajstić information content (AvgIpc) is 2.61. The van der Waals surface area contributed by atoms with Crippen molar-refractivity contribution < 1.29 is 19.0 Å². The van der Waals surface area contributed by atoms with Crippen LogP contribution in [0.4, 0.5) is 0 Å². The zero-order valence-electron chi connectivity index (χ0n) is 14.1. The molecule has 1 aromatic rings. The summed E-state index contributed by atoms with van der Waals surface area (Å²) in [4.78, 5) is 15.9. The molecule has 24 heavy (non-hydrogen) atoms. The van der Waals surface area contributed by atoms with Crippen LogP contribution in [-0.2, 0) is 16.1 Å².